The molecule has 136 valence electrons. The van der Waals surface area contributed by atoms with Crippen molar-refractivity contribution in [2.75, 3.05) is 39.4 Å². The molecule has 2 atom stereocenters. The molecule has 0 bridgehead atoms. The lowest BCUT2D eigenvalue weighted by Gasteiger charge is -2.50. The summed E-state index contributed by atoms with van der Waals surface area (Å²) in [5, 5.41) is 0. The lowest BCUT2D eigenvalue weighted by atomic mass is 9.73. The van der Waals surface area contributed by atoms with Crippen LogP contribution in [0.2, 0.25) is 0 Å². The number of amides is 2. The molecule has 25 heavy (non-hydrogen) atoms. The molecule has 0 N–H and O–H groups in total. The van der Waals surface area contributed by atoms with E-state index in [1.807, 2.05) is 28.0 Å². The first-order valence-electron chi connectivity index (χ1n) is 9.46. The Kier molecular flexibility index (Phi) is 4.79. The van der Waals surface area contributed by atoms with Gasteiger partial charge in [0.25, 0.3) is 0 Å². The van der Waals surface area contributed by atoms with Crippen molar-refractivity contribution in [2.24, 2.45) is 5.41 Å². The molecule has 0 aliphatic carbocycles. The molecule has 2 amide bonds. The van der Waals surface area contributed by atoms with Gasteiger partial charge in [-0.15, -0.1) is 0 Å². The van der Waals surface area contributed by atoms with E-state index < -0.39 is 0 Å². The van der Waals surface area contributed by atoms with Gasteiger partial charge in [0.2, 0.25) is 5.88 Å². The van der Waals surface area contributed by atoms with Crippen molar-refractivity contribution >= 4 is 6.03 Å². The summed E-state index contributed by atoms with van der Waals surface area (Å²) in [5.74, 6) is 0.643. The smallest absolute Gasteiger partial charge is 0.320 e. The van der Waals surface area contributed by atoms with Crippen LogP contribution in [0.1, 0.15) is 32.1 Å². The summed E-state index contributed by atoms with van der Waals surface area (Å²) in [4.78, 5) is 21.1. The van der Waals surface area contributed by atoms with E-state index in [0.29, 0.717) is 12.5 Å². The van der Waals surface area contributed by atoms with Crippen LogP contribution in [0.3, 0.4) is 0 Å². The summed E-state index contributed by atoms with van der Waals surface area (Å²) in [7, 11) is 0. The van der Waals surface area contributed by atoms with Crippen LogP contribution in [0.15, 0.2) is 24.4 Å². The monoisotopic (exact) mass is 345 g/mol. The normalized spacial score (nSPS) is 29.4. The number of rotatable bonds is 3. The van der Waals surface area contributed by atoms with Crippen molar-refractivity contribution in [1.29, 1.82) is 0 Å². The number of carbonyl (C=O) groups excluding carboxylic acids is 1. The van der Waals surface area contributed by atoms with Crippen molar-refractivity contribution in [2.45, 2.75) is 38.2 Å². The minimum Gasteiger partial charge on any atom is -0.477 e. The second-order valence-electron chi connectivity index (χ2n) is 7.47. The highest BCUT2D eigenvalue weighted by molar-refractivity contribution is 5.75. The van der Waals surface area contributed by atoms with Crippen molar-refractivity contribution in [3.05, 3.63) is 24.4 Å². The van der Waals surface area contributed by atoms with Crippen LogP contribution >= 0.6 is 0 Å². The summed E-state index contributed by atoms with van der Waals surface area (Å²) in [6.45, 7) is 4.67. The molecule has 1 aromatic heterocycles. The van der Waals surface area contributed by atoms with Crippen LogP contribution in [0, 0.1) is 5.41 Å². The van der Waals surface area contributed by atoms with Gasteiger partial charge in [0.05, 0.1) is 12.7 Å². The number of aromatic nitrogens is 1. The Labute approximate surface area is 149 Å². The Morgan fingerprint density at radius 1 is 1.24 bits per heavy atom. The second-order valence-corrected chi connectivity index (χ2v) is 7.47. The summed E-state index contributed by atoms with van der Waals surface area (Å²) < 4.78 is 12.1. The second kappa shape index (κ2) is 7.20. The third-order valence-electron chi connectivity index (χ3n) is 5.78. The Bertz CT molecular complexity index is 591. The maximum absolute atomic E-state index is 12.8. The molecule has 6 heteroatoms. The number of ether oxygens (including phenoxy) is 2. The fourth-order valence-corrected chi connectivity index (χ4v) is 4.42. The van der Waals surface area contributed by atoms with E-state index in [9.17, 15) is 4.79 Å². The van der Waals surface area contributed by atoms with Crippen molar-refractivity contribution in [1.82, 2.24) is 14.8 Å². The molecular weight excluding hydrogens is 318 g/mol. The molecule has 3 aliphatic heterocycles. The summed E-state index contributed by atoms with van der Waals surface area (Å²) in [6, 6.07) is 5.89. The lowest BCUT2D eigenvalue weighted by molar-refractivity contribution is -0.134. The minimum atomic E-state index is -0.122. The Hall–Kier alpha value is -1.82. The zero-order chi connectivity index (χ0) is 17.1. The molecule has 0 spiro atoms. The van der Waals surface area contributed by atoms with Gasteiger partial charge in [-0.05, 0) is 38.2 Å². The fraction of sp³-hybridized carbons (Fsp3) is 0.684. The molecule has 4 rings (SSSR count). The van der Waals surface area contributed by atoms with Gasteiger partial charge in [0.1, 0.15) is 0 Å². The number of likely N-dealkylation sites (tertiary alicyclic amines) is 2. The highest BCUT2D eigenvalue weighted by Crippen LogP contribution is 2.41. The third-order valence-corrected chi connectivity index (χ3v) is 5.78. The standard InChI is InChI=1S/C19H27N3O3/c23-18(21-10-3-4-11-21)22-12-7-16-19(14-22,8-5-13-24-16)15-25-17-6-1-2-9-20-17/h1-2,6,9,16H,3-5,7-8,10-15H2/t16-,19+/m1/s1. The van der Waals surface area contributed by atoms with Gasteiger partial charge in [0.15, 0.2) is 0 Å². The number of urea groups is 1. The van der Waals surface area contributed by atoms with Gasteiger partial charge >= 0.3 is 6.03 Å². The number of nitrogens with zero attached hydrogens (tertiary/aromatic N) is 3. The zero-order valence-electron chi connectivity index (χ0n) is 14.7. The van der Waals surface area contributed by atoms with E-state index in [2.05, 4.69) is 4.98 Å². The molecule has 3 fully saturated rings. The van der Waals surface area contributed by atoms with E-state index in [-0.39, 0.29) is 17.6 Å². The highest BCUT2D eigenvalue weighted by atomic mass is 16.5. The number of fused-ring (bicyclic) bond motifs is 1. The van der Waals surface area contributed by atoms with Gasteiger partial charge in [0, 0.05) is 50.5 Å². The van der Waals surface area contributed by atoms with Gasteiger partial charge in [-0.2, -0.15) is 0 Å². The van der Waals surface area contributed by atoms with E-state index in [1.54, 1.807) is 6.20 Å². The van der Waals surface area contributed by atoms with Gasteiger partial charge in [-0.25, -0.2) is 9.78 Å². The van der Waals surface area contributed by atoms with Gasteiger partial charge < -0.3 is 19.3 Å². The fourth-order valence-electron chi connectivity index (χ4n) is 4.42. The van der Waals surface area contributed by atoms with E-state index >= 15 is 0 Å². The van der Waals surface area contributed by atoms with Crippen LogP contribution < -0.4 is 4.74 Å². The lowest BCUT2D eigenvalue weighted by Crippen LogP contribution is -2.60. The van der Waals surface area contributed by atoms with E-state index in [4.69, 9.17) is 9.47 Å². The summed E-state index contributed by atoms with van der Waals surface area (Å²) in [6.07, 6.45) is 7.12. The number of carbonyl (C=O) groups is 1. The minimum absolute atomic E-state index is 0.122. The number of piperidine rings is 1. The Morgan fingerprint density at radius 3 is 2.92 bits per heavy atom. The predicted octanol–water partition coefficient (Wildman–Crippen LogP) is 2.55. The first kappa shape index (κ1) is 16.6. The largest absolute Gasteiger partial charge is 0.477 e. The van der Waals surface area contributed by atoms with Crippen LogP contribution in [0.4, 0.5) is 4.79 Å². The first-order valence-corrected chi connectivity index (χ1v) is 9.46. The first-order chi connectivity index (χ1) is 12.3. The average molecular weight is 345 g/mol. The van der Waals surface area contributed by atoms with Crippen molar-refractivity contribution in [3.8, 4) is 5.88 Å². The topological polar surface area (TPSA) is 54.9 Å². The molecule has 1 aromatic rings. The third kappa shape index (κ3) is 3.45. The molecule has 0 aromatic carbocycles. The number of hydrogen-bond donors (Lipinski definition) is 0. The number of hydrogen-bond acceptors (Lipinski definition) is 4. The maximum Gasteiger partial charge on any atom is 0.320 e. The SMILES string of the molecule is O=C(N1CCCC1)N1CC[C@H]2OCCC[C@@]2(COc2ccccn2)C1. The molecular formula is C19H27N3O3. The van der Waals surface area contributed by atoms with E-state index in [1.165, 1.54) is 0 Å². The average Bonchev–Trinajstić information content (AvgIpc) is 3.21. The van der Waals surface area contributed by atoms with Crippen molar-refractivity contribution in [3.63, 3.8) is 0 Å². The quantitative estimate of drug-likeness (QED) is 0.845. The molecule has 0 radical (unpaired) electrons. The van der Waals surface area contributed by atoms with Crippen LogP contribution in [0.5, 0.6) is 5.88 Å². The van der Waals surface area contributed by atoms with Crippen LogP contribution in [-0.4, -0.2) is 66.3 Å². The summed E-state index contributed by atoms with van der Waals surface area (Å²) >= 11 is 0. The molecule has 3 aliphatic rings. The molecule has 3 saturated heterocycles. The molecule has 6 nitrogen and oxygen atoms in total. The molecule has 4 heterocycles. The Morgan fingerprint density at radius 2 is 2.12 bits per heavy atom. The van der Waals surface area contributed by atoms with Gasteiger partial charge in [-0.1, -0.05) is 6.07 Å². The van der Waals surface area contributed by atoms with Crippen molar-refractivity contribution < 1.29 is 14.3 Å². The highest BCUT2D eigenvalue weighted by Gasteiger charge is 2.48. The van der Waals surface area contributed by atoms with Crippen LogP contribution in [0.25, 0.3) is 0 Å². The zero-order valence-corrected chi connectivity index (χ0v) is 14.7. The van der Waals surface area contributed by atoms with Gasteiger partial charge in [-0.3, -0.25) is 0 Å². The van der Waals surface area contributed by atoms with E-state index in [0.717, 1.165) is 64.9 Å². The van der Waals surface area contributed by atoms with Crippen LogP contribution in [-0.2, 0) is 4.74 Å². The maximum atomic E-state index is 12.8. The Balaban J connectivity index is 1.47. The predicted molar refractivity (Wildman–Crippen MR) is 93.5 cm³/mol. The summed E-state index contributed by atoms with van der Waals surface area (Å²) in [5.41, 5.74) is -0.122. The molecule has 0 unspecified atom stereocenters. The molecule has 0 saturated carbocycles. The number of pyridine rings is 1.